The molecule has 1 aromatic carbocycles. The summed E-state index contributed by atoms with van der Waals surface area (Å²) in [5, 5.41) is 4.11. The second-order valence-corrected chi connectivity index (χ2v) is 7.49. The molecule has 0 bridgehead atoms. The summed E-state index contributed by atoms with van der Waals surface area (Å²) in [6, 6.07) is 8.22. The largest absolute Gasteiger partial charge is 0.382 e. The van der Waals surface area contributed by atoms with E-state index < -0.39 is 0 Å². The van der Waals surface area contributed by atoms with Gasteiger partial charge in [0.2, 0.25) is 5.91 Å². The van der Waals surface area contributed by atoms with Crippen molar-refractivity contribution in [3.63, 3.8) is 0 Å². The maximum atomic E-state index is 11.8. The lowest BCUT2D eigenvalue weighted by molar-refractivity contribution is -0.122. The van der Waals surface area contributed by atoms with Gasteiger partial charge in [-0.3, -0.25) is 4.79 Å². The molecule has 1 saturated carbocycles. The number of amides is 1. The van der Waals surface area contributed by atoms with Gasteiger partial charge in [0.1, 0.15) is 17.9 Å². The van der Waals surface area contributed by atoms with Gasteiger partial charge in [-0.2, -0.15) is 0 Å². The van der Waals surface area contributed by atoms with Crippen molar-refractivity contribution in [1.29, 1.82) is 0 Å². The third-order valence-electron chi connectivity index (χ3n) is 5.49. The van der Waals surface area contributed by atoms with Gasteiger partial charge in [0.25, 0.3) is 0 Å². The van der Waals surface area contributed by atoms with Crippen molar-refractivity contribution in [2.24, 2.45) is 5.92 Å². The van der Waals surface area contributed by atoms with Crippen LogP contribution in [0.15, 0.2) is 24.3 Å². The molecule has 1 aliphatic carbocycles. The van der Waals surface area contributed by atoms with E-state index in [4.69, 9.17) is 15.5 Å². The molecule has 0 unspecified atom stereocenters. The molecule has 140 valence electrons. The van der Waals surface area contributed by atoms with Crippen LogP contribution in [-0.2, 0) is 16.1 Å². The fourth-order valence-electron chi connectivity index (χ4n) is 3.98. The van der Waals surface area contributed by atoms with Crippen LogP contribution in [0, 0.1) is 5.92 Å². The molecule has 7 nitrogen and oxygen atoms in total. The molecule has 3 aromatic rings. The number of anilines is 1. The lowest BCUT2D eigenvalue weighted by Gasteiger charge is -2.26. The Morgan fingerprint density at radius 3 is 3.00 bits per heavy atom. The number of nitrogens with zero attached hydrogens (tertiary/aromatic N) is 3. The zero-order valence-electron chi connectivity index (χ0n) is 15.1. The molecule has 3 N–H and O–H groups in total. The number of hydrogen-bond acceptors (Lipinski definition) is 5. The summed E-state index contributed by atoms with van der Waals surface area (Å²) in [5.74, 6) is 1.82. The van der Waals surface area contributed by atoms with Gasteiger partial charge in [0.15, 0.2) is 5.82 Å². The smallest absolute Gasteiger partial charge is 0.223 e. The van der Waals surface area contributed by atoms with Crippen LogP contribution >= 0.6 is 0 Å². The first-order valence-electron chi connectivity index (χ1n) is 9.63. The SMILES string of the molecule is Nc1nc2ccccc2c2c1nc1n2[C@@H](CCCNC(=O)C2CC2)COC1. The molecule has 1 atom stereocenters. The summed E-state index contributed by atoms with van der Waals surface area (Å²) in [7, 11) is 0. The highest BCUT2D eigenvalue weighted by Gasteiger charge is 2.29. The van der Waals surface area contributed by atoms with E-state index in [-0.39, 0.29) is 17.9 Å². The van der Waals surface area contributed by atoms with Gasteiger partial charge in [0, 0.05) is 17.8 Å². The monoisotopic (exact) mass is 365 g/mol. The van der Waals surface area contributed by atoms with E-state index in [1.165, 1.54) is 0 Å². The van der Waals surface area contributed by atoms with E-state index in [9.17, 15) is 4.79 Å². The molecule has 0 saturated heterocycles. The van der Waals surface area contributed by atoms with Crippen molar-refractivity contribution in [3.05, 3.63) is 30.1 Å². The van der Waals surface area contributed by atoms with Crippen molar-refractivity contribution in [2.45, 2.75) is 38.3 Å². The van der Waals surface area contributed by atoms with Gasteiger partial charge in [-0.1, -0.05) is 18.2 Å². The first-order chi connectivity index (χ1) is 13.2. The Hall–Kier alpha value is -2.67. The number of hydrogen-bond donors (Lipinski definition) is 2. The second-order valence-electron chi connectivity index (χ2n) is 7.49. The molecule has 3 heterocycles. The topological polar surface area (TPSA) is 95.1 Å². The predicted octanol–water partition coefficient (Wildman–Crippen LogP) is 2.54. The minimum atomic E-state index is 0.182. The number of imidazole rings is 1. The minimum Gasteiger partial charge on any atom is -0.382 e. The maximum Gasteiger partial charge on any atom is 0.223 e. The summed E-state index contributed by atoms with van der Waals surface area (Å²) in [4.78, 5) is 21.0. The summed E-state index contributed by atoms with van der Waals surface area (Å²) in [5.41, 5.74) is 8.87. The fraction of sp³-hybridized carbons (Fsp3) is 0.450. The number of benzene rings is 1. The van der Waals surface area contributed by atoms with Crippen LogP contribution < -0.4 is 11.1 Å². The van der Waals surface area contributed by atoms with Crippen LogP contribution in [0.5, 0.6) is 0 Å². The number of fused-ring (bicyclic) bond motifs is 5. The van der Waals surface area contributed by atoms with Crippen molar-refractivity contribution < 1.29 is 9.53 Å². The number of carbonyl (C=O) groups is 1. The highest BCUT2D eigenvalue weighted by Crippen LogP contribution is 2.34. The number of nitrogens with two attached hydrogens (primary N) is 1. The van der Waals surface area contributed by atoms with Gasteiger partial charge >= 0.3 is 0 Å². The maximum absolute atomic E-state index is 11.8. The fourth-order valence-corrected chi connectivity index (χ4v) is 3.98. The Kier molecular flexibility index (Phi) is 3.97. The van der Waals surface area contributed by atoms with Crippen molar-refractivity contribution >= 4 is 33.7 Å². The molecule has 27 heavy (non-hydrogen) atoms. The van der Waals surface area contributed by atoms with Crippen LogP contribution in [0.4, 0.5) is 5.82 Å². The second kappa shape index (κ2) is 6.49. The third-order valence-corrected chi connectivity index (χ3v) is 5.49. The molecule has 1 amide bonds. The van der Waals surface area contributed by atoms with E-state index >= 15 is 0 Å². The van der Waals surface area contributed by atoms with Crippen LogP contribution in [0.3, 0.4) is 0 Å². The van der Waals surface area contributed by atoms with E-state index in [2.05, 4.69) is 20.9 Å². The summed E-state index contributed by atoms with van der Waals surface area (Å²) in [6.45, 7) is 1.83. The molecule has 0 radical (unpaired) electrons. The quantitative estimate of drug-likeness (QED) is 0.678. The van der Waals surface area contributed by atoms with Crippen LogP contribution in [-0.4, -0.2) is 33.6 Å². The number of nitrogens with one attached hydrogen (secondary N) is 1. The average molecular weight is 365 g/mol. The Labute approximate surface area is 156 Å². The molecule has 2 aromatic heterocycles. The Morgan fingerprint density at radius 1 is 1.30 bits per heavy atom. The van der Waals surface area contributed by atoms with Gasteiger partial charge in [-0.05, 0) is 31.7 Å². The molecule has 7 heteroatoms. The Bertz CT molecular complexity index is 1020. The van der Waals surface area contributed by atoms with Gasteiger partial charge < -0.3 is 20.4 Å². The van der Waals surface area contributed by atoms with E-state index in [0.717, 1.165) is 53.4 Å². The van der Waals surface area contributed by atoms with Crippen molar-refractivity contribution in [2.75, 3.05) is 18.9 Å². The number of carbonyl (C=O) groups excluding carboxylic acids is 1. The zero-order chi connectivity index (χ0) is 18.4. The number of para-hydroxylation sites is 1. The zero-order valence-corrected chi connectivity index (χ0v) is 15.1. The number of aromatic nitrogens is 3. The number of pyridine rings is 1. The van der Waals surface area contributed by atoms with Gasteiger partial charge in [-0.25, -0.2) is 9.97 Å². The average Bonchev–Trinajstić information content (AvgIpc) is 3.45. The van der Waals surface area contributed by atoms with Crippen molar-refractivity contribution in [1.82, 2.24) is 19.9 Å². The highest BCUT2D eigenvalue weighted by atomic mass is 16.5. The van der Waals surface area contributed by atoms with Crippen LogP contribution in [0.2, 0.25) is 0 Å². The highest BCUT2D eigenvalue weighted by molar-refractivity contribution is 6.06. The number of rotatable bonds is 5. The molecule has 2 aliphatic rings. The van der Waals surface area contributed by atoms with Gasteiger partial charge in [0.05, 0.1) is 23.7 Å². The first kappa shape index (κ1) is 16.5. The van der Waals surface area contributed by atoms with E-state index in [1.54, 1.807) is 0 Å². The Morgan fingerprint density at radius 2 is 2.15 bits per heavy atom. The lowest BCUT2D eigenvalue weighted by Crippen LogP contribution is -2.28. The molecule has 0 spiro atoms. The van der Waals surface area contributed by atoms with E-state index in [1.807, 2.05) is 18.2 Å². The van der Waals surface area contributed by atoms with Crippen LogP contribution in [0.25, 0.3) is 21.9 Å². The Balaban J connectivity index is 1.45. The normalized spacial score (nSPS) is 19.3. The molecule has 1 fully saturated rings. The molecular weight excluding hydrogens is 342 g/mol. The van der Waals surface area contributed by atoms with Crippen molar-refractivity contribution in [3.8, 4) is 0 Å². The van der Waals surface area contributed by atoms with Gasteiger partial charge in [-0.15, -0.1) is 0 Å². The van der Waals surface area contributed by atoms with Crippen LogP contribution in [0.1, 0.15) is 37.5 Å². The summed E-state index contributed by atoms with van der Waals surface area (Å²) < 4.78 is 8.06. The third kappa shape index (κ3) is 2.92. The number of nitrogen functional groups attached to an aromatic ring is 1. The number of ether oxygens (including phenoxy) is 1. The minimum absolute atomic E-state index is 0.182. The standard InChI is InChI=1S/C20H23N5O2/c21-19-17-18(14-5-1-2-6-15(14)23-19)25-13(10-27-11-16(25)24-17)4-3-9-22-20(26)12-7-8-12/h1-2,5-6,12-13H,3-4,7-11H2,(H2,21,23)(H,22,26)/t13-/m0/s1. The van der Waals surface area contributed by atoms with E-state index in [0.29, 0.717) is 25.6 Å². The summed E-state index contributed by atoms with van der Waals surface area (Å²) >= 11 is 0. The molecule has 5 rings (SSSR count). The molecular formula is C20H23N5O2. The molecule has 1 aliphatic heterocycles. The summed E-state index contributed by atoms with van der Waals surface area (Å²) in [6.07, 6.45) is 3.90. The first-order valence-corrected chi connectivity index (χ1v) is 9.63. The predicted molar refractivity (Wildman–Crippen MR) is 103 cm³/mol. The lowest BCUT2D eigenvalue weighted by atomic mass is 10.1.